The van der Waals surface area contributed by atoms with Gasteiger partial charge in [0.25, 0.3) is 0 Å². The highest BCUT2D eigenvalue weighted by Gasteiger charge is 2.41. The molecule has 0 spiro atoms. The van der Waals surface area contributed by atoms with E-state index in [2.05, 4.69) is 23.6 Å². The van der Waals surface area contributed by atoms with Crippen LogP contribution < -0.4 is 0 Å². The maximum Gasteiger partial charge on any atom is 0.241 e. The molecule has 1 aromatic carbocycles. The smallest absolute Gasteiger partial charge is 0.241 e. The van der Waals surface area contributed by atoms with Crippen LogP contribution in [0.15, 0.2) is 24.3 Å². The summed E-state index contributed by atoms with van der Waals surface area (Å²) in [7, 11) is -3.37. The number of hydrogen-bond acceptors (Lipinski definition) is 4. The molecule has 2 saturated heterocycles. The summed E-state index contributed by atoms with van der Waals surface area (Å²) >= 11 is 0. The van der Waals surface area contributed by atoms with E-state index in [4.69, 9.17) is 0 Å². The molecule has 3 heterocycles. The van der Waals surface area contributed by atoms with E-state index < -0.39 is 16.1 Å². The van der Waals surface area contributed by atoms with E-state index in [1.165, 1.54) is 16.3 Å². The molecule has 2 aliphatic rings. The highest BCUT2D eigenvalue weighted by molar-refractivity contribution is 7.88. The number of carbonyl (C=O) groups is 1. The van der Waals surface area contributed by atoms with Crippen LogP contribution in [-0.4, -0.2) is 59.5 Å². The van der Waals surface area contributed by atoms with E-state index in [0.29, 0.717) is 25.1 Å². The van der Waals surface area contributed by atoms with Crippen LogP contribution in [0, 0.1) is 11.3 Å². The number of sulfonamides is 1. The first-order valence-corrected chi connectivity index (χ1v) is 13.0. The van der Waals surface area contributed by atoms with Crippen LogP contribution in [0.25, 0.3) is 10.9 Å². The zero-order valence-electron chi connectivity index (χ0n) is 18.2. The van der Waals surface area contributed by atoms with Gasteiger partial charge in [0.1, 0.15) is 6.04 Å². The summed E-state index contributed by atoms with van der Waals surface area (Å²) in [4.78, 5) is 15.2. The Kier molecular flexibility index (Phi) is 6.09. The fourth-order valence-electron chi connectivity index (χ4n) is 5.28. The zero-order chi connectivity index (χ0) is 22.2. The minimum atomic E-state index is -3.37. The van der Waals surface area contributed by atoms with E-state index >= 15 is 0 Å². The van der Waals surface area contributed by atoms with Crippen LogP contribution in [0.2, 0.25) is 0 Å². The minimum absolute atomic E-state index is 0.0277. The van der Waals surface area contributed by atoms with E-state index in [-0.39, 0.29) is 11.9 Å². The van der Waals surface area contributed by atoms with Crippen molar-refractivity contribution < 1.29 is 13.2 Å². The number of carbonyl (C=O) groups excluding carboxylic acids is 1. The highest BCUT2D eigenvalue weighted by Crippen LogP contribution is 2.29. The average molecular weight is 443 g/mol. The summed E-state index contributed by atoms with van der Waals surface area (Å²) in [6.07, 6.45) is 6.18. The van der Waals surface area contributed by atoms with Gasteiger partial charge in [-0.2, -0.15) is 9.57 Å². The van der Waals surface area contributed by atoms with Crippen molar-refractivity contribution in [3.05, 3.63) is 35.5 Å². The van der Waals surface area contributed by atoms with Crippen molar-refractivity contribution in [2.45, 2.75) is 64.1 Å². The molecule has 2 unspecified atom stereocenters. The molecule has 0 aliphatic carbocycles. The lowest BCUT2D eigenvalue weighted by Gasteiger charge is -2.30. The molecular weight excluding hydrogens is 412 g/mol. The molecule has 1 amide bonds. The Morgan fingerprint density at radius 2 is 1.97 bits per heavy atom. The Balaban J connectivity index is 1.50. The lowest BCUT2D eigenvalue weighted by atomic mass is 10.1. The second-order valence-electron chi connectivity index (χ2n) is 8.66. The summed E-state index contributed by atoms with van der Waals surface area (Å²) < 4.78 is 27.8. The number of amides is 1. The maximum atomic E-state index is 13.2. The van der Waals surface area contributed by atoms with Gasteiger partial charge in [-0.05, 0) is 69.0 Å². The fourth-order valence-corrected chi connectivity index (χ4v) is 6.40. The van der Waals surface area contributed by atoms with Crippen molar-refractivity contribution in [1.82, 2.24) is 13.8 Å². The molecule has 4 rings (SSSR count). The van der Waals surface area contributed by atoms with Crippen LogP contribution in [-0.2, 0) is 27.8 Å². The largest absolute Gasteiger partial charge is 0.345 e. The average Bonchev–Trinajstić information content (AvgIpc) is 3.48. The zero-order valence-corrected chi connectivity index (χ0v) is 19.1. The van der Waals surface area contributed by atoms with Gasteiger partial charge >= 0.3 is 0 Å². The molecule has 7 nitrogen and oxygen atoms in total. The van der Waals surface area contributed by atoms with Crippen LogP contribution in [0.1, 0.15) is 50.3 Å². The molecule has 0 N–H and O–H groups in total. The molecule has 8 heteroatoms. The molecule has 166 valence electrons. The van der Waals surface area contributed by atoms with Crippen molar-refractivity contribution in [3.8, 4) is 6.07 Å². The summed E-state index contributed by atoms with van der Waals surface area (Å²) in [6.45, 7) is 4.08. The van der Waals surface area contributed by atoms with Crippen molar-refractivity contribution in [1.29, 1.82) is 5.26 Å². The predicted octanol–water partition coefficient (Wildman–Crippen LogP) is 2.88. The van der Waals surface area contributed by atoms with Crippen molar-refractivity contribution >= 4 is 26.8 Å². The molecule has 2 aromatic rings. The number of nitriles is 1. The Morgan fingerprint density at radius 3 is 2.68 bits per heavy atom. The van der Waals surface area contributed by atoms with Gasteiger partial charge in [0.05, 0.1) is 17.9 Å². The molecule has 0 saturated carbocycles. The SMILES string of the molecule is CCn1c(CCC2CCCN2C(=O)C2CCCN2S(C)(=O)=O)cc2ccc(C#N)cc21. The number of likely N-dealkylation sites (tertiary alicyclic amines) is 1. The van der Waals surface area contributed by atoms with Crippen LogP contribution >= 0.6 is 0 Å². The molecule has 31 heavy (non-hydrogen) atoms. The standard InChI is InChI=1S/C23H30N4O3S/c1-3-25-20(15-18-9-8-17(16-24)14-22(18)25)11-10-19-6-4-12-26(19)23(28)21-7-5-13-27(21)31(2,29)30/h8-9,14-15,19,21H,3-7,10-13H2,1-2H3. The Hall–Kier alpha value is -2.37. The number of rotatable bonds is 6. The second-order valence-corrected chi connectivity index (χ2v) is 10.6. The molecule has 2 atom stereocenters. The number of fused-ring (bicyclic) bond motifs is 1. The van der Waals surface area contributed by atoms with Crippen LogP contribution in [0.5, 0.6) is 0 Å². The van der Waals surface area contributed by atoms with E-state index in [1.807, 2.05) is 23.1 Å². The van der Waals surface area contributed by atoms with Crippen molar-refractivity contribution in [2.24, 2.45) is 0 Å². The van der Waals surface area contributed by atoms with Gasteiger partial charge in [-0.3, -0.25) is 4.79 Å². The monoisotopic (exact) mass is 442 g/mol. The Labute approximate surface area is 184 Å². The molecular formula is C23H30N4O3S. The predicted molar refractivity (Wildman–Crippen MR) is 120 cm³/mol. The number of hydrogen-bond donors (Lipinski definition) is 0. The molecule has 0 radical (unpaired) electrons. The maximum absolute atomic E-state index is 13.2. The van der Waals surface area contributed by atoms with Crippen LogP contribution in [0.4, 0.5) is 0 Å². The molecule has 2 aliphatic heterocycles. The van der Waals surface area contributed by atoms with E-state index in [9.17, 15) is 18.5 Å². The van der Waals surface area contributed by atoms with Crippen molar-refractivity contribution in [2.75, 3.05) is 19.3 Å². The second kappa shape index (κ2) is 8.64. The lowest BCUT2D eigenvalue weighted by Crippen LogP contribution is -2.49. The van der Waals surface area contributed by atoms with Crippen LogP contribution in [0.3, 0.4) is 0 Å². The van der Waals surface area contributed by atoms with Crippen molar-refractivity contribution in [3.63, 3.8) is 0 Å². The summed E-state index contributed by atoms with van der Waals surface area (Å²) in [5.74, 6) is -0.0277. The molecule has 2 fully saturated rings. The third kappa shape index (κ3) is 4.21. The van der Waals surface area contributed by atoms with Gasteiger partial charge in [-0.1, -0.05) is 6.07 Å². The van der Waals surface area contributed by atoms with Gasteiger partial charge < -0.3 is 9.47 Å². The first-order valence-electron chi connectivity index (χ1n) is 11.1. The normalized spacial score (nSPS) is 22.3. The molecule has 0 bridgehead atoms. The third-order valence-corrected chi connectivity index (χ3v) is 8.03. The number of aromatic nitrogens is 1. The first-order chi connectivity index (χ1) is 14.8. The number of benzene rings is 1. The summed E-state index contributed by atoms with van der Waals surface area (Å²) in [5, 5.41) is 10.3. The van der Waals surface area contributed by atoms with E-state index in [1.54, 1.807) is 0 Å². The quantitative estimate of drug-likeness (QED) is 0.688. The number of aryl methyl sites for hydroxylation is 2. The Morgan fingerprint density at radius 1 is 1.19 bits per heavy atom. The third-order valence-electron chi connectivity index (χ3n) is 6.74. The van der Waals surface area contributed by atoms with Gasteiger partial charge in [0.15, 0.2) is 0 Å². The van der Waals surface area contributed by atoms with Gasteiger partial charge in [-0.15, -0.1) is 0 Å². The fraction of sp³-hybridized carbons (Fsp3) is 0.565. The number of nitrogens with zero attached hydrogens (tertiary/aromatic N) is 4. The highest BCUT2D eigenvalue weighted by atomic mass is 32.2. The lowest BCUT2D eigenvalue weighted by molar-refractivity contribution is -0.135. The summed E-state index contributed by atoms with van der Waals surface area (Å²) in [6, 6.07) is 9.78. The Bertz CT molecular complexity index is 1130. The van der Waals surface area contributed by atoms with Gasteiger partial charge in [0.2, 0.25) is 15.9 Å². The minimum Gasteiger partial charge on any atom is -0.345 e. The summed E-state index contributed by atoms with van der Waals surface area (Å²) in [5.41, 5.74) is 2.95. The van der Waals surface area contributed by atoms with E-state index in [0.717, 1.165) is 49.6 Å². The first kappa shape index (κ1) is 21.8. The van der Waals surface area contributed by atoms with Gasteiger partial charge in [0, 0.05) is 36.9 Å². The molecule has 1 aromatic heterocycles. The topological polar surface area (TPSA) is 86.4 Å². The van der Waals surface area contributed by atoms with Gasteiger partial charge in [-0.25, -0.2) is 8.42 Å².